The van der Waals surface area contributed by atoms with Crippen LogP contribution in [0.2, 0.25) is 0 Å². The highest BCUT2D eigenvalue weighted by molar-refractivity contribution is 7.25. The molecule has 0 aliphatic rings. The van der Waals surface area contributed by atoms with Crippen molar-refractivity contribution in [2.75, 3.05) is 25.6 Å². The SMILES string of the molecule is CCOC(O)(OC(CO)COn1cnc2c(N)ncnc21)P=O. The van der Waals surface area contributed by atoms with Crippen molar-refractivity contribution in [3.05, 3.63) is 12.7 Å². The second-order valence-electron chi connectivity index (χ2n) is 4.29. The molecular formula is C11H16N5O6P. The van der Waals surface area contributed by atoms with Crippen LogP contribution in [0.5, 0.6) is 0 Å². The topological polar surface area (TPSA) is 155 Å². The summed E-state index contributed by atoms with van der Waals surface area (Å²) in [7, 11) is -0.796. The van der Waals surface area contributed by atoms with Gasteiger partial charge in [0, 0.05) is 0 Å². The fourth-order valence-electron chi connectivity index (χ4n) is 1.70. The lowest BCUT2D eigenvalue weighted by Gasteiger charge is -2.25. The normalized spacial score (nSPS) is 15.6. The third kappa shape index (κ3) is 4.09. The summed E-state index contributed by atoms with van der Waals surface area (Å²) in [5.74, 6) is 0.197. The fraction of sp³-hybridized carbons (Fsp3) is 0.545. The number of anilines is 1. The van der Waals surface area contributed by atoms with E-state index in [2.05, 4.69) is 15.0 Å². The van der Waals surface area contributed by atoms with E-state index in [0.717, 1.165) is 0 Å². The van der Waals surface area contributed by atoms with Crippen LogP contribution in [0.4, 0.5) is 5.82 Å². The molecule has 0 bridgehead atoms. The van der Waals surface area contributed by atoms with E-state index in [1.165, 1.54) is 17.4 Å². The van der Waals surface area contributed by atoms with Crippen LogP contribution >= 0.6 is 8.46 Å². The Morgan fingerprint density at radius 3 is 2.91 bits per heavy atom. The van der Waals surface area contributed by atoms with Gasteiger partial charge in [0.25, 0.3) is 8.46 Å². The maximum absolute atomic E-state index is 10.9. The van der Waals surface area contributed by atoms with Crippen molar-refractivity contribution in [2.24, 2.45) is 0 Å². The van der Waals surface area contributed by atoms with Gasteiger partial charge in [0.05, 0.1) is 13.2 Å². The van der Waals surface area contributed by atoms with Crippen LogP contribution in [0, 0.1) is 0 Å². The predicted octanol–water partition coefficient (Wildman–Crippen LogP) is -0.854. The number of aromatic nitrogens is 4. The van der Waals surface area contributed by atoms with E-state index in [4.69, 9.17) is 20.0 Å². The molecule has 0 saturated carbocycles. The van der Waals surface area contributed by atoms with Gasteiger partial charge in [-0.3, -0.25) is 4.57 Å². The van der Waals surface area contributed by atoms with E-state index in [9.17, 15) is 14.8 Å². The monoisotopic (exact) mass is 345 g/mol. The number of aliphatic hydroxyl groups excluding tert-OH is 1. The lowest BCUT2D eigenvalue weighted by Crippen LogP contribution is -2.39. The minimum absolute atomic E-state index is 0.0626. The summed E-state index contributed by atoms with van der Waals surface area (Å²) < 4.78 is 22.0. The Kier molecular flexibility index (Phi) is 5.74. The molecule has 0 fully saturated rings. The van der Waals surface area contributed by atoms with Gasteiger partial charge < -0.3 is 30.3 Å². The van der Waals surface area contributed by atoms with Crippen LogP contribution in [0.3, 0.4) is 0 Å². The summed E-state index contributed by atoms with van der Waals surface area (Å²) in [5.41, 5.74) is 3.99. The van der Waals surface area contributed by atoms with Crippen molar-refractivity contribution in [1.29, 1.82) is 0 Å². The molecule has 0 radical (unpaired) electrons. The zero-order valence-corrected chi connectivity index (χ0v) is 13.1. The molecular weight excluding hydrogens is 329 g/mol. The molecule has 2 aromatic rings. The molecule has 2 aromatic heterocycles. The van der Waals surface area contributed by atoms with Crippen molar-refractivity contribution >= 4 is 25.4 Å². The number of aliphatic hydroxyl groups is 2. The maximum Gasteiger partial charge on any atom is 0.366 e. The van der Waals surface area contributed by atoms with E-state index in [1.807, 2.05) is 0 Å². The second kappa shape index (κ2) is 7.57. The molecule has 0 aromatic carbocycles. The molecule has 2 unspecified atom stereocenters. The molecule has 0 aliphatic heterocycles. The first kappa shape index (κ1) is 17.4. The van der Waals surface area contributed by atoms with Crippen LogP contribution in [-0.2, 0) is 14.0 Å². The number of fused-ring (bicyclic) bond motifs is 1. The third-order valence-electron chi connectivity index (χ3n) is 2.70. The highest BCUT2D eigenvalue weighted by atomic mass is 31.1. The maximum atomic E-state index is 10.9. The van der Waals surface area contributed by atoms with Crippen LogP contribution < -0.4 is 10.6 Å². The molecule has 0 spiro atoms. The van der Waals surface area contributed by atoms with Crippen molar-refractivity contribution in [3.8, 4) is 0 Å². The molecule has 12 heteroatoms. The van der Waals surface area contributed by atoms with Crippen molar-refractivity contribution in [1.82, 2.24) is 19.7 Å². The average Bonchev–Trinajstić information content (AvgIpc) is 2.96. The number of nitrogens with two attached hydrogens (primary N) is 1. The summed E-state index contributed by atoms with van der Waals surface area (Å²) in [4.78, 5) is 17.2. The van der Waals surface area contributed by atoms with Gasteiger partial charge in [-0.2, -0.15) is 4.73 Å². The van der Waals surface area contributed by atoms with Crippen LogP contribution in [-0.4, -0.2) is 61.5 Å². The Hall–Kier alpha value is -1.91. The summed E-state index contributed by atoms with van der Waals surface area (Å²) in [6.07, 6.45) is 1.57. The zero-order chi connectivity index (χ0) is 16.9. The van der Waals surface area contributed by atoms with Gasteiger partial charge in [-0.25, -0.2) is 15.0 Å². The number of nitrogens with zero attached hydrogens (tertiary/aromatic N) is 4. The molecule has 0 amide bonds. The first-order chi connectivity index (χ1) is 11.0. The van der Waals surface area contributed by atoms with Gasteiger partial charge >= 0.3 is 5.71 Å². The van der Waals surface area contributed by atoms with E-state index in [0.29, 0.717) is 11.2 Å². The Bertz CT molecular complexity index is 669. The highest BCUT2D eigenvalue weighted by Crippen LogP contribution is 2.24. The van der Waals surface area contributed by atoms with Crippen molar-refractivity contribution in [3.63, 3.8) is 0 Å². The quantitative estimate of drug-likeness (QED) is 0.386. The van der Waals surface area contributed by atoms with Crippen LogP contribution in [0.1, 0.15) is 6.92 Å². The van der Waals surface area contributed by atoms with Crippen molar-refractivity contribution < 1.29 is 29.1 Å². The number of ether oxygens (including phenoxy) is 2. The number of imidazole rings is 1. The Morgan fingerprint density at radius 1 is 1.48 bits per heavy atom. The standard InChI is InChI=1S/C11H16N5O6P/c1-2-20-11(18,23-19)22-7(3-17)4-21-16-6-15-8-9(12)13-5-14-10(8)16/h5-7,17-18H,2-4H2,1H3,(H2,12,13,14). The van der Waals surface area contributed by atoms with Gasteiger partial charge in [-0.15, -0.1) is 0 Å². The molecule has 0 aliphatic carbocycles. The van der Waals surface area contributed by atoms with Gasteiger partial charge in [0.15, 0.2) is 11.3 Å². The zero-order valence-electron chi connectivity index (χ0n) is 12.2. The molecule has 2 atom stereocenters. The largest absolute Gasteiger partial charge is 0.408 e. The average molecular weight is 345 g/mol. The number of nitrogen functional groups attached to an aromatic ring is 1. The second-order valence-corrected chi connectivity index (χ2v) is 5.04. The van der Waals surface area contributed by atoms with Gasteiger partial charge in [-0.1, -0.05) is 0 Å². The van der Waals surface area contributed by atoms with E-state index >= 15 is 0 Å². The third-order valence-corrected chi connectivity index (χ3v) is 3.17. The Balaban J connectivity index is 2.05. The summed E-state index contributed by atoms with van der Waals surface area (Å²) in [5, 5.41) is 19.1. The lowest BCUT2D eigenvalue weighted by molar-refractivity contribution is -0.320. The molecule has 4 N–H and O–H groups in total. The lowest BCUT2D eigenvalue weighted by atomic mass is 10.4. The molecule has 126 valence electrons. The Labute approximate surface area is 132 Å². The summed E-state index contributed by atoms with van der Waals surface area (Å²) in [6.45, 7) is 0.949. The van der Waals surface area contributed by atoms with Crippen LogP contribution in [0.25, 0.3) is 11.2 Å². The van der Waals surface area contributed by atoms with Gasteiger partial charge in [0.1, 0.15) is 25.4 Å². The summed E-state index contributed by atoms with van der Waals surface area (Å²) >= 11 is 0. The van der Waals surface area contributed by atoms with E-state index in [-0.39, 0.29) is 19.0 Å². The number of hydrogen-bond donors (Lipinski definition) is 3. The van der Waals surface area contributed by atoms with Gasteiger partial charge in [-0.05, 0) is 6.92 Å². The van der Waals surface area contributed by atoms with Gasteiger partial charge in [0.2, 0.25) is 5.65 Å². The minimum atomic E-state index is -2.35. The smallest absolute Gasteiger partial charge is 0.366 e. The Morgan fingerprint density at radius 2 is 2.26 bits per heavy atom. The van der Waals surface area contributed by atoms with Crippen LogP contribution in [0.15, 0.2) is 12.7 Å². The summed E-state index contributed by atoms with van der Waals surface area (Å²) in [6, 6.07) is 0. The van der Waals surface area contributed by atoms with E-state index < -0.39 is 26.9 Å². The number of rotatable bonds is 9. The number of hydrogen-bond acceptors (Lipinski definition) is 10. The fourth-order valence-corrected chi connectivity index (χ4v) is 2.08. The first-order valence-electron chi connectivity index (χ1n) is 6.59. The minimum Gasteiger partial charge on any atom is -0.408 e. The highest BCUT2D eigenvalue weighted by Gasteiger charge is 2.34. The molecule has 23 heavy (non-hydrogen) atoms. The molecule has 2 rings (SSSR count). The molecule has 2 heterocycles. The molecule has 0 saturated heterocycles. The van der Waals surface area contributed by atoms with E-state index in [1.54, 1.807) is 6.92 Å². The predicted molar refractivity (Wildman–Crippen MR) is 77.3 cm³/mol. The molecule has 11 nitrogen and oxygen atoms in total. The van der Waals surface area contributed by atoms with Crippen molar-refractivity contribution in [2.45, 2.75) is 18.7 Å². The first-order valence-corrected chi connectivity index (χ1v) is 7.40.